The van der Waals surface area contributed by atoms with Gasteiger partial charge in [0.25, 0.3) is 10.0 Å². The number of phenolic OH excluding ortho intramolecular Hbond substituents is 1. The van der Waals surface area contributed by atoms with E-state index in [0.29, 0.717) is 6.07 Å². The number of phenols is 1. The molecule has 0 aliphatic heterocycles. The molecule has 0 bridgehead atoms. The number of rotatable bonds is 3. The maximum absolute atomic E-state index is 13.5. The molecule has 0 aliphatic rings. The van der Waals surface area contributed by atoms with Crippen LogP contribution >= 0.6 is 0 Å². The molecule has 2 N–H and O–H groups in total. The van der Waals surface area contributed by atoms with Crippen molar-refractivity contribution in [2.24, 2.45) is 0 Å². The van der Waals surface area contributed by atoms with Crippen molar-refractivity contribution in [3.63, 3.8) is 0 Å². The molecule has 106 valence electrons. The van der Waals surface area contributed by atoms with Gasteiger partial charge in [-0.05, 0) is 37.3 Å². The van der Waals surface area contributed by atoms with E-state index in [4.69, 9.17) is 0 Å². The van der Waals surface area contributed by atoms with E-state index in [9.17, 15) is 22.3 Å². The maximum Gasteiger partial charge on any atom is 0.264 e. The van der Waals surface area contributed by atoms with Gasteiger partial charge in [0.1, 0.15) is 22.3 Å². The van der Waals surface area contributed by atoms with E-state index in [2.05, 4.69) is 4.72 Å². The monoisotopic (exact) mass is 299 g/mol. The van der Waals surface area contributed by atoms with Gasteiger partial charge < -0.3 is 5.11 Å². The lowest BCUT2D eigenvalue weighted by molar-refractivity contribution is 0.471. The topological polar surface area (TPSA) is 66.4 Å². The smallest absolute Gasteiger partial charge is 0.264 e. The molecular weight excluding hydrogens is 288 g/mol. The van der Waals surface area contributed by atoms with Crippen LogP contribution in [-0.2, 0) is 10.0 Å². The molecule has 4 nitrogen and oxygen atoms in total. The molecule has 0 spiro atoms. The van der Waals surface area contributed by atoms with Crippen LogP contribution in [0, 0.1) is 18.6 Å². The van der Waals surface area contributed by atoms with Crippen molar-refractivity contribution < 1.29 is 22.3 Å². The van der Waals surface area contributed by atoms with Gasteiger partial charge in [0.15, 0.2) is 0 Å². The lowest BCUT2D eigenvalue weighted by atomic mass is 10.2. The predicted octanol–water partition coefficient (Wildman–Crippen LogP) is 2.78. The van der Waals surface area contributed by atoms with Crippen LogP contribution in [0.4, 0.5) is 14.5 Å². The van der Waals surface area contributed by atoms with Crippen LogP contribution in [0.5, 0.6) is 5.75 Å². The largest absolute Gasteiger partial charge is 0.508 e. The van der Waals surface area contributed by atoms with E-state index in [1.54, 1.807) is 0 Å². The lowest BCUT2D eigenvalue weighted by Gasteiger charge is -2.12. The number of aromatic hydroxyl groups is 1. The Labute approximate surface area is 114 Å². The molecule has 0 saturated heterocycles. The molecule has 0 fully saturated rings. The molecule has 0 unspecified atom stereocenters. The molecule has 2 rings (SSSR count). The van der Waals surface area contributed by atoms with Crippen molar-refractivity contribution >= 4 is 15.7 Å². The molecule has 0 aromatic heterocycles. The second-order valence-electron chi connectivity index (χ2n) is 4.13. The summed E-state index contributed by atoms with van der Waals surface area (Å²) in [5.74, 6) is -2.03. The third kappa shape index (κ3) is 2.72. The third-order valence-electron chi connectivity index (χ3n) is 2.73. The van der Waals surface area contributed by atoms with E-state index in [1.165, 1.54) is 25.1 Å². The van der Waals surface area contributed by atoms with Crippen molar-refractivity contribution in [1.82, 2.24) is 0 Å². The van der Waals surface area contributed by atoms with Gasteiger partial charge in [0.2, 0.25) is 0 Å². The van der Waals surface area contributed by atoms with Crippen LogP contribution in [0.15, 0.2) is 41.3 Å². The van der Waals surface area contributed by atoms with E-state index in [1.807, 2.05) is 0 Å². The molecule has 0 radical (unpaired) electrons. The summed E-state index contributed by atoms with van der Waals surface area (Å²) in [7, 11) is -4.28. The second kappa shape index (κ2) is 5.09. The van der Waals surface area contributed by atoms with Crippen LogP contribution in [-0.4, -0.2) is 13.5 Å². The fourth-order valence-electron chi connectivity index (χ4n) is 1.62. The fourth-order valence-corrected chi connectivity index (χ4v) is 2.83. The van der Waals surface area contributed by atoms with Gasteiger partial charge >= 0.3 is 0 Å². The lowest BCUT2D eigenvalue weighted by Crippen LogP contribution is -2.15. The molecule has 2 aromatic rings. The summed E-state index contributed by atoms with van der Waals surface area (Å²) in [6, 6.07) is 6.38. The average Bonchev–Trinajstić information content (AvgIpc) is 2.37. The van der Waals surface area contributed by atoms with Crippen molar-refractivity contribution in [1.29, 1.82) is 0 Å². The first-order chi connectivity index (χ1) is 9.31. The molecule has 0 aliphatic carbocycles. The van der Waals surface area contributed by atoms with Gasteiger partial charge in [0, 0.05) is 5.56 Å². The number of hydrogen-bond acceptors (Lipinski definition) is 3. The molecule has 0 saturated carbocycles. The zero-order valence-electron chi connectivity index (χ0n) is 10.4. The minimum Gasteiger partial charge on any atom is -0.508 e. The molecular formula is C13H11F2NO3S. The van der Waals surface area contributed by atoms with E-state index < -0.39 is 26.6 Å². The van der Waals surface area contributed by atoms with Gasteiger partial charge in [-0.1, -0.05) is 6.07 Å². The van der Waals surface area contributed by atoms with E-state index in [-0.39, 0.29) is 17.0 Å². The Morgan fingerprint density at radius 3 is 2.55 bits per heavy atom. The first kappa shape index (κ1) is 14.3. The first-order valence-corrected chi connectivity index (χ1v) is 7.06. The molecule has 0 atom stereocenters. The fraction of sp³-hybridized carbons (Fsp3) is 0.0769. The number of nitrogens with one attached hydrogen (secondary N) is 1. The first-order valence-electron chi connectivity index (χ1n) is 5.58. The zero-order chi connectivity index (χ0) is 14.9. The normalized spacial score (nSPS) is 11.3. The number of benzene rings is 2. The summed E-state index contributed by atoms with van der Waals surface area (Å²) >= 11 is 0. The Morgan fingerprint density at radius 1 is 1.15 bits per heavy atom. The Hall–Kier alpha value is -2.15. The molecule has 0 heterocycles. The highest BCUT2D eigenvalue weighted by Crippen LogP contribution is 2.27. The minimum absolute atomic E-state index is 0.0914. The summed E-state index contributed by atoms with van der Waals surface area (Å²) in [4.78, 5) is -0.791. The van der Waals surface area contributed by atoms with Gasteiger partial charge in [-0.25, -0.2) is 17.2 Å². The highest BCUT2D eigenvalue weighted by atomic mass is 32.2. The van der Waals surface area contributed by atoms with Crippen molar-refractivity contribution in [3.8, 4) is 5.75 Å². The second-order valence-corrected chi connectivity index (χ2v) is 5.78. The van der Waals surface area contributed by atoms with Crippen LogP contribution in [0.1, 0.15) is 5.56 Å². The Kier molecular flexibility index (Phi) is 3.63. The molecule has 20 heavy (non-hydrogen) atoms. The number of hydrogen-bond donors (Lipinski definition) is 2. The SMILES string of the molecule is Cc1c(O)cccc1NS(=O)(=O)c1cc(F)ccc1F. The van der Waals surface area contributed by atoms with Crippen molar-refractivity contribution in [2.45, 2.75) is 11.8 Å². The minimum atomic E-state index is -4.28. The summed E-state index contributed by atoms with van der Waals surface area (Å²) in [5, 5.41) is 9.50. The Bertz CT molecular complexity index is 760. The molecule has 0 amide bonds. The summed E-state index contributed by atoms with van der Waals surface area (Å²) in [5.41, 5.74) is 0.376. The van der Waals surface area contributed by atoms with Gasteiger partial charge in [-0.3, -0.25) is 4.72 Å². The zero-order valence-corrected chi connectivity index (χ0v) is 11.2. The predicted molar refractivity (Wildman–Crippen MR) is 70.0 cm³/mol. The summed E-state index contributed by atoms with van der Waals surface area (Å²) in [6.07, 6.45) is 0. The van der Waals surface area contributed by atoms with E-state index in [0.717, 1.165) is 12.1 Å². The highest BCUT2D eigenvalue weighted by Gasteiger charge is 2.21. The quantitative estimate of drug-likeness (QED) is 0.916. The van der Waals surface area contributed by atoms with Crippen LogP contribution in [0.25, 0.3) is 0 Å². The van der Waals surface area contributed by atoms with Gasteiger partial charge in [-0.2, -0.15) is 0 Å². The van der Waals surface area contributed by atoms with Crippen LogP contribution in [0.2, 0.25) is 0 Å². The van der Waals surface area contributed by atoms with Crippen LogP contribution in [0.3, 0.4) is 0 Å². The molecule has 2 aromatic carbocycles. The summed E-state index contributed by atoms with van der Waals surface area (Å²) < 4.78 is 52.8. The number of sulfonamides is 1. The molecule has 7 heteroatoms. The number of anilines is 1. The van der Waals surface area contributed by atoms with Gasteiger partial charge in [0.05, 0.1) is 5.69 Å². The van der Waals surface area contributed by atoms with Crippen molar-refractivity contribution in [3.05, 3.63) is 53.6 Å². The van der Waals surface area contributed by atoms with Crippen LogP contribution < -0.4 is 4.72 Å². The third-order valence-corrected chi connectivity index (χ3v) is 4.11. The van der Waals surface area contributed by atoms with Gasteiger partial charge in [-0.15, -0.1) is 0 Å². The highest BCUT2D eigenvalue weighted by molar-refractivity contribution is 7.92. The summed E-state index contributed by atoms with van der Waals surface area (Å²) in [6.45, 7) is 1.50. The standard InChI is InChI=1S/C13H11F2NO3S/c1-8-11(3-2-4-12(8)17)16-20(18,19)13-7-9(14)5-6-10(13)15/h2-7,16-17H,1H3. The number of halogens is 2. The Balaban J connectivity index is 2.46. The maximum atomic E-state index is 13.5. The Morgan fingerprint density at radius 2 is 1.85 bits per heavy atom. The van der Waals surface area contributed by atoms with Crippen molar-refractivity contribution in [2.75, 3.05) is 4.72 Å². The average molecular weight is 299 g/mol. The van der Waals surface area contributed by atoms with E-state index >= 15 is 0 Å².